The molecule has 0 saturated carbocycles. The van der Waals surface area contributed by atoms with Crippen molar-refractivity contribution in [1.29, 1.82) is 0 Å². The van der Waals surface area contributed by atoms with Gasteiger partial charge in [-0.15, -0.1) is 0 Å². The van der Waals surface area contributed by atoms with Gasteiger partial charge in [0, 0.05) is 5.41 Å². The SMILES string of the molecule is CC.CCCN(C)CCC1(CC)COC1. The summed E-state index contributed by atoms with van der Waals surface area (Å²) in [6.45, 7) is 12.9. The van der Waals surface area contributed by atoms with E-state index in [9.17, 15) is 0 Å². The maximum absolute atomic E-state index is 5.30. The van der Waals surface area contributed by atoms with Crippen LogP contribution in [0.1, 0.15) is 47.0 Å². The topological polar surface area (TPSA) is 12.5 Å². The Morgan fingerprint density at radius 1 is 1.13 bits per heavy atom. The second-order valence-electron chi connectivity index (χ2n) is 4.40. The van der Waals surface area contributed by atoms with Gasteiger partial charge >= 0.3 is 0 Å². The molecule has 0 aromatic rings. The lowest BCUT2D eigenvalue weighted by molar-refractivity contribution is -0.121. The van der Waals surface area contributed by atoms with Crippen LogP contribution in [0.2, 0.25) is 0 Å². The van der Waals surface area contributed by atoms with Crippen LogP contribution < -0.4 is 0 Å². The molecule has 1 rings (SSSR count). The normalized spacial score (nSPS) is 18.0. The highest BCUT2D eigenvalue weighted by Gasteiger charge is 2.36. The first-order valence-electron chi connectivity index (χ1n) is 6.49. The van der Waals surface area contributed by atoms with Gasteiger partial charge < -0.3 is 9.64 Å². The van der Waals surface area contributed by atoms with E-state index < -0.39 is 0 Å². The van der Waals surface area contributed by atoms with Crippen LogP contribution in [-0.4, -0.2) is 38.3 Å². The van der Waals surface area contributed by atoms with Gasteiger partial charge in [0.05, 0.1) is 13.2 Å². The van der Waals surface area contributed by atoms with E-state index in [2.05, 4.69) is 25.8 Å². The van der Waals surface area contributed by atoms with Crippen LogP contribution in [0.4, 0.5) is 0 Å². The zero-order chi connectivity index (χ0) is 11.7. The number of rotatable bonds is 6. The van der Waals surface area contributed by atoms with Crippen molar-refractivity contribution in [1.82, 2.24) is 4.90 Å². The molecule has 0 aliphatic carbocycles. The van der Waals surface area contributed by atoms with Crippen molar-refractivity contribution in [3.05, 3.63) is 0 Å². The molecule has 0 radical (unpaired) electrons. The first kappa shape index (κ1) is 14.9. The third kappa shape index (κ3) is 4.98. The summed E-state index contributed by atoms with van der Waals surface area (Å²) >= 11 is 0. The molecule has 1 fully saturated rings. The highest BCUT2D eigenvalue weighted by Crippen LogP contribution is 2.34. The minimum atomic E-state index is 0.530. The van der Waals surface area contributed by atoms with Crippen molar-refractivity contribution >= 4 is 0 Å². The molecule has 0 spiro atoms. The molecule has 0 aromatic carbocycles. The molecule has 2 nitrogen and oxygen atoms in total. The van der Waals surface area contributed by atoms with Gasteiger partial charge in [-0.1, -0.05) is 27.7 Å². The second-order valence-corrected chi connectivity index (χ2v) is 4.40. The summed E-state index contributed by atoms with van der Waals surface area (Å²) < 4.78 is 5.30. The van der Waals surface area contributed by atoms with E-state index in [1.807, 2.05) is 13.8 Å². The van der Waals surface area contributed by atoms with E-state index in [0.717, 1.165) is 13.2 Å². The minimum Gasteiger partial charge on any atom is -0.380 e. The fourth-order valence-electron chi connectivity index (χ4n) is 1.84. The number of ether oxygens (including phenoxy) is 1. The van der Waals surface area contributed by atoms with Gasteiger partial charge in [0.1, 0.15) is 0 Å². The van der Waals surface area contributed by atoms with Gasteiger partial charge in [0.2, 0.25) is 0 Å². The summed E-state index contributed by atoms with van der Waals surface area (Å²) in [5, 5.41) is 0. The summed E-state index contributed by atoms with van der Waals surface area (Å²) in [5.74, 6) is 0. The molecule has 0 aromatic heterocycles. The summed E-state index contributed by atoms with van der Waals surface area (Å²) in [6.07, 6.45) is 3.83. The van der Waals surface area contributed by atoms with Crippen LogP contribution in [0.25, 0.3) is 0 Å². The van der Waals surface area contributed by atoms with Gasteiger partial charge in [0.15, 0.2) is 0 Å². The zero-order valence-electron chi connectivity index (χ0n) is 11.3. The van der Waals surface area contributed by atoms with Crippen LogP contribution >= 0.6 is 0 Å². The third-order valence-corrected chi connectivity index (χ3v) is 3.20. The molecule has 1 aliphatic heterocycles. The molecule has 92 valence electrons. The molecule has 0 bridgehead atoms. The maximum atomic E-state index is 5.30. The molecule has 15 heavy (non-hydrogen) atoms. The van der Waals surface area contributed by atoms with Crippen molar-refractivity contribution in [2.75, 3.05) is 33.4 Å². The zero-order valence-corrected chi connectivity index (χ0v) is 11.3. The van der Waals surface area contributed by atoms with E-state index in [-0.39, 0.29) is 0 Å². The van der Waals surface area contributed by atoms with E-state index >= 15 is 0 Å². The van der Waals surface area contributed by atoms with Crippen molar-refractivity contribution in [3.8, 4) is 0 Å². The average Bonchev–Trinajstić information content (AvgIpc) is 2.20. The van der Waals surface area contributed by atoms with Crippen molar-refractivity contribution < 1.29 is 4.74 Å². The lowest BCUT2D eigenvalue weighted by Gasteiger charge is -2.41. The molecule has 1 saturated heterocycles. The smallest absolute Gasteiger partial charge is 0.0545 e. The first-order chi connectivity index (χ1) is 7.22. The lowest BCUT2D eigenvalue weighted by Crippen LogP contribution is -2.44. The third-order valence-electron chi connectivity index (χ3n) is 3.20. The Morgan fingerprint density at radius 2 is 1.73 bits per heavy atom. The molecule has 1 heterocycles. The Morgan fingerprint density at radius 3 is 2.07 bits per heavy atom. The monoisotopic (exact) mass is 215 g/mol. The van der Waals surface area contributed by atoms with Gasteiger partial charge in [-0.05, 0) is 39.4 Å². The van der Waals surface area contributed by atoms with Crippen molar-refractivity contribution in [2.45, 2.75) is 47.0 Å². The predicted octanol–water partition coefficient (Wildman–Crippen LogP) is 3.17. The molecule has 0 N–H and O–H groups in total. The Balaban J connectivity index is 0.000000921. The molecular formula is C13H29NO. The number of nitrogens with zero attached hydrogens (tertiary/aromatic N) is 1. The fourth-order valence-corrected chi connectivity index (χ4v) is 1.84. The highest BCUT2D eigenvalue weighted by atomic mass is 16.5. The molecule has 1 aliphatic rings. The van der Waals surface area contributed by atoms with Crippen LogP contribution in [-0.2, 0) is 4.74 Å². The van der Waals surface area contributed by atoms with E-state index in [1.54, 1.807) is 0 Å². The Hall–Kier alpha value is -0.0800. The molecular weight excluding hydrogens is 186 g/mol. The van der Waals surface area contributed by atoms with E-state index in [0.29, 0.717) is 5.41 Å². The van der Waals surface area contributed by atoms with Gasteiger partial charge in [-0.25, -0.2) is 0 Å². The highest BCUT2D eigenvalue weighted by molar-refractivity contribution is 4.84. The first-order valence-corrected chi connectivity index (χ1v) is 6.49. The van der Waals surface area contributed by atoms with Crippen molar-refractivity contribution in [3.63, 3.8) is 0 Å². The van der Waals surface area contributed by atoms with Crippen molar-refractivity contribution in [2.24, 2.45) is 5.41 Å². The quantitative estimate of drug-likeness (QED) is 0.675. The number of hydrogen-bond acceptors (Lipinski definition) is 2. The lowest BCUT2D eigenvalue weighted by atomic mass is 9.80. The average molecular weight is 215 g/mol. The fraction of sp³-hybridized carbons (Fsp3) is 1.00. The van der Waals surface area contributed by atoms with Crippen LogP contribution in [0.5, 0.6) is 0 Å². The van der Waals surface area contributed by atoms with E-state index in [4.69, 9.17) is 4.74 Å². The van der Waals surface area contributed by atoms with Crippen LogP contribution in [0, 0.1) is 5.41 Å². The molecule has 0 atom stereocenters. The van der Waals surface area contributed by atoms with Crippen LogP contribution in [0.3, 0.4) is 0 Å². The second kappa shape index (κ2) is 8.12. The molecule has 0 unspecified atom stereocenters. The van der Waals surface area contributed by atoms with Gasteiger partial charge in [-0.2, -0.15) is 0 Å². The van der Waals surface area contributed by atoms with Gasteiger partial charge in [0.25, 0.3) is 0 Å². The standard InChI is InChI=1S/C11H23NO.C2H6/c1-4-7-12(3)8-6-11(5-2)9-13-10-11;1-2/h4-10H2,1-3H3;1-2H3. The summed E-state index contributed by atoms with van der Waals surface area (Å²) in [4.78, 5) is 2.43. The largest absolute Gasteiger partial charge is 0.380 e. The molecule has 2 heteroatoms. The summed E-state index contributed by atoms with van der Waals surface area (Å²) in [7, 11) is 2.21. The minimum absolute atomic E-state index is 0.530. The number of hydrogen-bond donors (Lipinski definition) is 0. The Labute approximate surface area is 96.0 Å². The Bertz CT molecular complexity index is 138. The predicted molar refractivity (Wildman–Crippen MR) is 67.3 cm³/mol. The van der Waals surface area contributed by atoms with E-state index in [1.165, 1.54) is 32.4 Å². The Kier molecular flexibility index (Phi) is 8.07. The maximum Gasteiger partial charge on any atom is 0.0545 e. The summed E-state index contributed by atoms with van der Waals surface area (Å²) in [6, 6.07) is 0. The summed E-state index contributed by atoms with van der Waals surface area (Å²) in [5.41, 5.74) is 0.530. The van der Waals surface area contributed by atoms with Crippen LogP contribution in [0.15, 0.2) is 0 Å². The molecule has 0 amide bonds. The van der Waals surface area contributed by atoms with Gasteiger partial charge in [-0.3, -0.25) is 0 Å².